The minimum atomic E-state index is -0.319. The Morgan fingerprint density at radius 2 is 1.31 bits per heavy atom. The maximum absolute atomic E-state index is 12.9. The number of carbonyl (C=O) groups is 1. The number of aromatic nitrogens is 3. The van der Waals surface area contributed by atoms with Crippen LogP contribution in [0.1, 0.15) is 38.5 Å². The van der Waals surface area contributed by atoms with Gasteiger partial charge in [0, 0.05) is 68.4 Å². The molecule has 13 heteroatoms. The Morgan fingerprint density at radius 1 is 0.714 bits per heavy atom. The lowest BCUT2D eigenvalue weighted by Crippen LogP contribution is -2.47. The molecule has 49 heavy (non-hydrogen) atoms. The summed E-state index contributed by atoms with van der Waals surface area (Å²) < 4.78 is 6.06. The Labute approximate surface area is 287 Å². The molecule has 4 N–H and O–H groups in total. The summed E-state index contributed by atoms with van der Waals surface area (Å²) in [5.41, 5.74) is 3.33. The van der Waals surface area contributed by atoms with Crippen LogP contribution >= 0.6 is 0 Å². The highest BCUT2D eigenvalue weighted by Gasteiger charge is 2.38. The van der Waals surface area contributed by atoms with E-state index in [1.54, 1.807) is 0 Å². The molecule has 1 aliphatic carbocycles. The van der Waals surface area contributed by atoms with Gasteiger partial charge in [0.1, 0.15) is 0 Å². The Morgan fingerprint density at radius 3 is 1.90 bits per heavy atom. The standard InChI is InChI=1S/C36H47N9O4/c46-22-29-11-12-30(23-47)45(29)35-40-33(39-34(41-35)44-20-31-13-14-32(21-44)49-31)25-3-5-26(6-4-25)37-36(48)38-27-7-9-28(10-8-27)43-17-15-42(16-18-43)19-24-1-2-24/h3-10,24,29-32,46-47H,1-2,11-23H2,(H2,37,38,48)/t29-,30+,31?,32?. The third-order valence-electron chi connectivity index (χ3n) is 10.7. The second-order valence-electron chi connectivity index (χ2n) is 14.2. The van der Waals surface area contributed by atoms with Gasteiger partial charge in [-0.3, -0.25) is 4.90 Å². The maximum Gasteiger partial charge on any atom is 0.323 e. The van der Waals surface area contributed by atoms with Crippen LogP contribution in [0, 0.1) is 5.92 Å². The number of ether oxygens (including phenoxy) is 1. The van der Waals surface area contributed by atoms with E-state index in [2.05, 4.69) is 37.5 Å². The summed E-state index contributed by atoms with van der Waals surface area (Å²) in [4.78, 5) is 36.7. The lowest BCUT2D eigenvalue weighted by molar-refractivity contribution is 0.0299. The number of aliphatic hydroxyl groups is 2. The van der Waals surface area contributed by atoms with Crippen LogP contribution in [0.5, 0.6) is 0 Å². The number of rotatable bonds is 10. The highest BCUT2D eigenvalue weighted by Crippen LogP contribution is 2.34. The Balaban J connectivity index is 0.933. The van der Waals surface area contributed by atoms with Crippen LogP contribution in [0.4, 0.5) is 33.8 Å². The summed E-state index contributed by atoms with van der Waals surface area (Å²) >= 11 is 0. The summed E-state index contributed by atoms with van der Waals surface area (Å²) in [6, 6.07) is 14.8. The largest absolute Gasteiger partial charge is 0.394 e. The molecule has 5 heterocycles. The molecule has 0 radical (unpaired) electrons. The first-order valence-electron chi connectivity index (χ1n) is 17.9. The molecule has 2 unspecified atom stereocenters. The van der Waals surface area contributed by atoms with Crippen molar-refractivity contribution in [2.45, 2.75) is 62.8 Å². The Kier molecular flexibility index (Phi) is 9.23. The van der Waals surface area contributed by atoms with Gasteiger partial charge in [-0.05, 0) is 93.0 Å². The summed E-state index contributed by atoms with van der Waals surface area (Å²) in [5.74, 6) is 2.46. The molecule has 13 nitrogen and oxygen atoms in total. The second-order valence-corrected chi connectivity index (χ2v) is 14.2. The van der Waals surface area contributed by atoms with Crippen molar-refractivity contribution in [1.29, 1.82) is 0 Å². The van der Waals surface area contributed by atoms with Gasteiger partial charge < -0.3 is 40.3 Å². The topological polar surface area (TPSA) is 142 Å². The molecule has 4 saturated heterocycles. The lowest BCUT2D eigenvalue weighted by atomic mass is 10.2. The fraction of sp³-hybridized carbons (Fsp3) is 0.556. The number of carbonyl (C=O) groups excluding carboxylic acids is 1. The normalized spacial score (nSPS) is 25.6. The van der Waals surface area contributed by atoms with Gasteiger partial charge in [-0.1, -0.05) is 0 Å². The van der Waals surface area contributed by atoms with Gasteiger partial charge >= 0.3 is 6.03 Å². The average Bonchev–Trinajstić information content (AvgIpc) is 3.75. The predicted octanol–water partition coefficient (Wildman–Crippen LogP) is 3.40. The number of urea groups is 1. The molecule has 4 aliphatic heterocycles. The van der Waals surface area contributed by atoms with E-state index < -0.39 is 0 Å². The fourth-order valence-electron chi connectivity index (χ4n) is 7.77. The van der Waals surface area contributed by atoms with E-state index in [1.165, 1.54) is 25.1 Å². The highest BCUT2D eigenvalue weighted by molar-refractivity contribution is 6.00. The van der Waals surface area contributed by atoms with Crippen molar-refractivity contribution in [1.82, 2.24) is 19.9 Å². The zero-order valence-corrected chi connectivity index (χ0v) is 28.0. The molecule has 4 atom stereocenters. The summed E-state index contributed by atoms with van der Waals surface area (Å²) in [5, 5.41) is 26.1. The van der Waals surface area contributed by atoms with Gasteiger partial charge in [-0.25, -0.2) is 4.79 Å². The zero-order chi connectivity index (χ0) is 33.3. The van der Waals surface area contributed by atoms with Crippen molar-refractivity contribution in [3.63, 3.8) is 0 Å². The number of nitrogens with one attached hydrogen (secondary N) is 2. The van der Waals surface area contributed by atoms with Crippen molar-refractivity contribution in [3.8, 4) is 11.4 Å². The summed E-state index contributed by atoms with van der Waals surface area (Å²) in [6.45, 7) is 6.86. The maximum atomic E-state index is 12.9. The van der Waals surface area contributed by atoms with Crippen molar-refractivity contribution in [3.05, 3.63) is 48.5 Å². The van der Waals surface area contributed by atoms with Gasteiger partial charge in [-0.2, -0.15) is 15.0 Å². The van der Waals surface area contributed by atoms with E-state index >= 15 is 0 Å². The molecule has 5 fully saturated rings. The van der Waals surface area contributed by atoms with E-state index in [-0.39, 0.29) is 43.5 Å². The van der Waals surface area contributed by atoms with Gasteiger partial charge in [0.2, 0.25) is 11.9 Å². The quantitative estimate of drug-likeness (QED) is 0.252. The number of hydrogen-bond donors (Lipinski definition) is 4. The molecule has 1 aromatic heterocycles. The van der Waals surface area contributed by atoms with Crippen LogP contribution in [0.3, 0.4) is 0 Å². The third kappa shape index (κ3) is 7.30. The van der Waals surface area contributed by atoms with Crippen LogP contribution in [0.25, 0.3) is 11.4 Å². The molecular weight excluding hydrogens is 622 g/mol. The van der Waals surface area contributed by atoms with Crippen LogP contribution < -0.4 is 25.3 Å². The monoisotopic (exact) mass is 669 g/mol. The van der Waals surface area contributed by atoms with Crippen LogP contribution in [0.2, 0.25) is 0 Å². The van der Waals surface area contributed by atoms with Crippen LogP contribution in [-0.4, -0.2) is 119 Å². The molecule has 2 bridgehead atoms. The van der Waals surface area contributed by atoms with E-state index in [9.17, 15) is 15.0 Å². The van der Waals surface area contributed by atoms with Gasteiger partial charge in [0.25, 0.3) is 0 Å². The van der Waals surface area contributed by atoms with Crippen molar-refractivity contribution in [2.75, 3.05) is 84.4 Å². The van der Waals surface area contributed by atoms with E-state index in [1.807, 2.05) is 41.3 Å². The number of morpholine rings is 1. The predicted molar refractivity (Wildman–Crippen MR) is 189 cm³/mol. The summed E-state index contributed by atoms with van der Waals surface area (Å²) in [6.07, 6.45) is 6.68. The van der Waals surface area contributed by atoms with Crippen molar-refractivity contribution < 1.29 is 19.7 Å². The van der Waals surface area contributed by atoms with Gasteiger partial charge in [-0.15, -0.1) is 0 Å². The number of aliphatic hydroxyl groups excluding tert-OH is 2. The second kappa shape index (κ2) is 14.1. The zero-order valence-electron chi connectivity index (χ0n) is 28.0. The number of fused-ring (bicyclic) bond motifs is 2. The molecular formula is C36H47N9O4. The molecule has 2 amide bonds. The smallest absolute Gasteiger partial charge is 0.323 e. The third-order valence-corrected chi connectivity index (χ3v) is 10.7. The molecule has 2 aromatic carbocycles. The number of benzene rings is 2. The SMILES string of the molecule is O=C(Nc1ccc(-c2nc(N3CC4CCC(C3)O4)nc(N3[C@H](CO)CC[C@@H]3CO)n2)cc1)Nc1ccc(N2CCN(CC3CC3)CC2)cc1. The first kappa shape index (κ1) is 32.2. The fourth-order valence-corrected chi connectivity index (χ4v) is 7.77. The number of piperazine rings is 1. The Hall–Kier alpha value is -4.04. The molecule has 5 aliphatic rings. The number of anilines is 5. The minimum absolute atomic E-state index is 0.0429. The Bertz CT molecular complexity index is 1570. The van der Waals surface area contributed by atoms with Crippen LogP contribution in [-0.2, 0) is 4.74 Å². The molecule has 260 valence electrons. The van der Waals surface area contributed by atoms with E-state index in [4.69, 9.17) is 19.7 Å². The van der Waals surface area contributed by atoms with Gasteiger partial charge in [0.05, 0.1) is 37.5 Å². The first-order valence-corrected chi connectivity index (χ1v) is 17.9. The minimum Gasteiger partial charge on any atom is -0.394 e. The number of nitrogens with zero attached hydrogens (tertiary/aromatic N) is 7. The van der Waals surface area contributed by atoms with Gasteiger partial charge in [0.15, 0.2) is 5.82 Å². The van der Waals surface area contributed by atoms with Crippen molar-refractivity contribution in [2.24, 2.45) is 5.92 Å². The first-order chi connectivity index (χ1) is 24.0. The van der Waals surface area contributed by atoms with E-state index in [0.29, 0.717) is 36.5 Å². The number of hydrogen-bond acceptors (Lipinski definition) is 11. The van der Waals surface area contributed by atoms with E-state index in [0.717, 1.165) is 69.0 Å². The molecule has 1 saturated carbocycles. The average molecular weight is 670 g/mol. The van der Waals surface area contributed by atoms with Crippen molar-refractivity contribution >= 4 is 35.0 Å². The summed E-state index contributed by atoms with van der Waals surface area (Å²) in [7, 11) is 0. The lowest BCUT2D eigenvalue weighted by Gasteiger charge is -2.36. The molecule has 0 spiro atoms. The number of amides is 2. The van der Waals surface area contributed by atoms with Crippen LogP contribution in [0.15, 0.2) is 48.5 Å². The highest BCUT2D eigenvalue weighted by atomic mass is 16.5. The molecule has 3 aromatic rings. The molecule has 8 rings (SSSR count).